The number of rotatable bonds is 3. The van der Waals surface area contributed by atoms with Crippen molar-refractivity contribution in [1.29, 1.82) is 0 Å². The van der Waals surface area contributed by atoms with E-state index in [9.17, 15) is 10.2 Å². The summed E-state index contributed by atoms with van der Waals surface area (Å²) in [5.74, 6) is 0.466. The van der Waals surface area contributed by atoms with E-state index in [-0.39, 0.29) is 5.75 Å². The number of halogens is 1. The van der Waals surface area contributed by atoms with Gasteiger partial charge in [-0.05, 0) is 40.5 Å². The Balaban J connectivity index is 2.40. The van der Waals surface area contributed by atoms with Crippen LogP contribution in [-0.4, -0.2) is 29.9 Å². The molecule has 0 unspecified atom stereocenters. The molecule has 1 saturated heterocycles. The van der Waals surface area contributed by atoms with Gasteiger partial charge in [-0.15, -0.1) is 0 Å². The first kappa shape index (κ1) is 11.7. The lowest BCUT2D eigenvalue weighted by atomic mass is 9.88. The molecule has 88 valence electrons. The molecule has 0 aromatic heterocycles. The van der Waals surface area contributed by atoms with Crippen LogP contribution in [0.2, 0.25) is 0 Å². The smallest absolute Gasteiger partial charge is 0.172 e. The predicted octanol–water partition coefficient (Wildman–Crippen LogP) is 1.34. The van der Waals surface area contributed by atoms with Gasteiger partial charge in [0.1, 0.15) is 5.60 Å². The summed E-state index contributed by atoms with van der Waals surface area (Å²) in [5.41, 5.74) is -0.0957. The molecule has 0 amide bonds. The molecule has 1 aliphatic rings. The molecule has 4 nitrogen and oxygen atoms in total. The van der Waals surface area contributed by atoms with Gasteiger partial charge in [0.05, 0.1) is 11.1 Å². The van der Waals surface area contributed by atoms with Crippen LogP contribution in [-0.2, 0) is 5.60 Å². The van der Waals surface area contributed by atoms with Crippen molar-refractivity contribution in [3.8, 4) is 11.5 Å². The van der Waals surface area contributed by atoms with Crippen LogP contribution in [0.3, 0.4) is 0 Å². The summed E-state index contributed by atoms with van der Waals surface area (Å²) in [6, 6.07) is 3.41. The van der Waals surface area contributed by atoms with Crippen molar-refractivity contribution >= 4 is 15.9 Å². The molecule has 0 atom stereocenters. The summed E-state index contributed by atoms with van der Waals surface area (Å²) in [6.45, 7) is 3.37. The maximum Gasteiger partial charge on any atom is 0.172 e. The molecule has 2 rings (SSSR count). The SMILES string of the molecule is CCOc1cc(C2(O)CNC2)cc(Br)c1O. The molecule has 1 aromatic carbocycles. The summed E-state index contributed by atoms with van der Waals surface area (Å²) in [6.07, 6.45) is 0. The van der Waals surface area contributed by atoms with Crippen molar-refractivity contribution in [1.82, 2.24) is 5.32 Å². The Hall–Kier alpha value is -0.780. The number of benzene rings is 1. The number of aliphatic hydroxyl groups is 1. The molecular formula is C11H14BrNO3. The van der Waals surface area contributed by atoms with Gasteiger partial charge < -0.3 is 20.3 Å². The van der Waals surface area contributed by atoms with Crippen LogP contribution in [0, 0.1) is 0 Å². The zero-order chi connectivity index (χ0) is 11.8. The number of ether oxygens (including phenoxy) is 1. The van der Waals surface area contributed by atoms with Crippen LogP contribution < -0.4 is 10.1 Å². The summed E-state index contributed by atoms with van der Waals surface area (Å²) in [7, 11) is 0. The lowest BCUT2D eigenvalue weighted by Gasteiger charge is -2.38. The molecule has 0 radical (unpaired) electrons. The number of phenols is 1. The van der Waals surface area contributed by atoms with Crippen LogP contribution in [0.25, 0.3) is 0 Å². The van der Waals surface area contributed by atoms with E-state index in [1.165, 1.54) is 0 Å². The number of hydrogen-bond acceptors (Lipinski definition) is 4. The highest BCUT2D eigenvalue weighted by Crippen LogP contribution is 2.39. The molecule has 0 saturated carbocycles. The van der Waals surface area contributed by atoms with E-state index < -0.39 is 5.60 Å². The first-order valence-electron chi connectivity index (χ1n) is 5.16. The van der Waals surface area contributed by atoms with Crippen molar-refractivity contribution in [3.05, 3.63) is 22.2 Å². The Morgan fingerprint density at radius 1 is 1.50 bits per heavy atom. The van der Waals surface area contributed by atoms with E-state index in [4.69, 9.17) is 4.74 Å². The molecule has 1 aromatic rings. The molecule has 0 aliphatic carbocycles. The van der Waals surface area contributed by atoms with E-state index >= 15 is 0 Å². The van der Waals surface area contributed by atoms with Gasteiger partial charge in [0, 0.05) is 13.1 Å². The number of phenolic OH excluding ortho intramolecular Hbond substituents is 1. The van der Waals surface area contributed by atoms with E-state index in [2.05, 4.69) is 21.2 Å². The molecule has 1 aliphatic heterocycles. The zero-order valence-electron chi connectivity index (χ0n) is 8.96. The van der Waals surface area contributed by atoms with E-state index in [0.29, 0.717) is 29.9 Å². The first-order chi connectivity index (χ1) is 7.57. The van der Waals surface area contributed by atoms with Gasteiger partial charge in [-0.1, -0.05) is 0 Å². The fourth-order valence-corrected chi connectivity index (χ4v) is 2.12. The van der Waals surface area contributed by atoms with Gasteiger partial charge in [0.25, 0.3) is 0 Å². The molecule has 0 spiro atoms. The standard InChI is InChI=1S/C11H14BrNO3/c1-2-16-9-4-7(3-8(12)10(9)14)11(15)5-13-6-11/h3-4,13-15H,2,5-6H2,1H3. The van der Waals surface area contributed by atoms with Crippen LogP contribution in [0.4, 0.5) is 0 Å². The van der Waals surface area contributed by atoms with Gasteiger partial charge in [0.15, 0.2) is 11.5 Å². The van der Waals surface area contributed by atoms with Crippen molar-refractivity contribution in [3.63, 3.8) is 0 Å². The number of nitrogens with one attached hydrogen (secondary N) is 1. The quantitative estimate of drug-likeness (QED) is 0.785. The molecule has 16 heavy (non-hydrogen) atoms. The fraction of sp³-hybridized carbons (Fsp3) is 0.455. The highest BCUT2D eigenvalue weighted by molar-refractivity contribution is 9.10. The largest absolute Gasteiger partial charge is 0.503 e. The minimum absolute atomic E-state index is 0.0708. The van der Waals surface area contributed by atoms with Crippen molar-refractivity contribution < 1.29 is 14.9 Å². The topological polar surface area (TPSA) is 61.7 Å². The number of hydrogen-bond donors (Lipinski definition) is 3. The number of aromatic hydroxyl groups is 1. The normalized spacial score (nSPS) is 17.9. The second-order valence-electron chi connectivity index (χ2n) is 3.87. The summed E-state index contributed by atoms with van der Waals surface area (Å²) in [5, 5.41) is 22.9. The average molecular weight is 288 g/mol. The van der Waals surface area contributed by atoms with E-state index in [0.717, 1.165) is 5.56 Å². The summed E-state index contributed by atoms with van der Waals surface area (Å²) < 4.78 is 5.85. The fourth-order valence-electron chi connectivity index (χ4n) is 1.67. The third-order valence-corrected chi connectivity index (χ3v) is 3.31. The van der Waals surface area contributed by atoms with E-state index in [1.54, 1.807) is 12.1 Å². The summed E-state index contributed by atoms with van der Waals surface area (Å²) in [4.78, 5) is 0. The maximum absolute atomic E-state index is 10.2. The minimum atomic E-state index is -0.845. The highest BCUT2D eigenvalue weighted by Gasteiger charge is 2.37. The third-order valence-electron chi connectivity index (χ3n) is 2.70. The molecule has 1 fully saturated rings. The zero-order valence-corrected chi connectivity index (χ0v) is 10.5. The molecule has 0 bridgehead atoms. The average Bonchev–Trinajstić information content (AvgIpc) is 2.21. The van der Waals surface area contributed by atoms with Crippen molar-refractivity contribution in [2.75, 3.05) is 19.7 Å². The molecule has 5 heteroatoms. The van der Waals surface area contributed by atoms with Crippen molar-refractivity contribution in [2.45, 2.75) is 12.5 Å². The van der Waals surface area contributed by atoms with E-state index in [1.807, 2.05) is 6.92 Å². The molecule has 3 N–H and O–H groups in total. The third kappa shape index (κ3) is 1.90. The summed E-state index contributed by atoms with van der Waals surface area (Å²) >= 11 is 3.25. The van der Waals surface area contributed by atoms with Crippen LogP contribution >= 0.6 is 15.9 Å². The second kappa shape index (κ2) is 4.24. The van der Waals surface area contributed by atoms with Gasteiger partial charge in [-0.3, -0.25) is 0 Å². The monoisotopic (exact) mass is 287 g/mol. The Labute approximate surface area is 102 Å². The second-order valence-corrected chi connectivity index (χ2v) is 4.73. The lowest BCUT2D eigenvalue weighted by Crippen LogP contribution is -2.56. The van der Waals surface area contributed by atoms with Crippen LogP contribution in [0.5, 0.6) is 11.5 Å². The van der Waals surface area contributed by atoms with Crippen LogP contribution in [0.15, 0.2) is 16.6 Å². The number of β-amino-alcohol motifs (C(OH)–C–C–N with tert-alkyl or cyclic N) is 1. The first-order valence-corrected chi connectivity index (χ1v) is 5.95. The van der Waals surface area contributed by atoms with Crippen molar-refractivity contribution in [2.24, 2.45) is 0 Å². The van der Waals surface area contributed by atoms with Gasteiger partial charge >= 0.3 is 0 Å². The Morgan fingerprint density at radius 2 is 2.19 bits per heavy atom. The van der Waals surface area contributed by atoms with Gasteiger partial charge in [-0.2, -0.15) is 0 Å². The Kier molecular flexibility index (Phi) is 3.10. The molecule has 1 heterocycles. The van der Waals surface area contributed by atoms with Gasteiger partial charge in [-0.25, -0.2) is 0 Å². The van der Waals surface area contributed by atoms with Crippen LogP contribution in [0.1, 0.15) is 12.5 Å². The molecular weight excluding hydrogens is 274 g/mol. The minimum Gasteiger partial charge on any atom is -0.503 e. The lowest BCUT2D eigenvalue weighted by molar-refractivity contribution is -0.0149. The maximum atomic E-state index is 10.2. The predicted molar refractivity (Wildman–Crippen MR) is 63.7 cm³/mol. The highest BCUT2D eigenvalue weighted by atomic mass is 79.9. The van der Waals surface area contributed by atoms with Gasteiger partial charge in [0.2, 0.25) is 0 Å². The Morgan fingerprint density at radius 3 is 2.69 bits per heavy atom. The Bertz CT molecular complexity index is 404.